The van der Waals surface area contributed by atoms with E-state index in [2.05, 4.69) is 10.6 Å². The molecular formula is C20H27FN4O4S. The third kappa shape index (κ3) is 6.22. The molecule has 0 amide bonds. The van der Waals surface area contributed by atoms with Crippen LogP contribution in [-0.2, 0) is 30.1 Å². The summed E-state index contributed by atoms with van der Waals surface area (Å²) in [4.78, 5) is 24.8. The Kier molecular flexibility index (Phi) is 9.15. The third-order valence-corrected chi connectivity index (χ3v) is 4.90. The minimum Gasteiger partial charge on any atom is -0.462 e. The molecule has 2 N–H and O–H groups in total. The van der Waals surface area contributed by atoms with Crippen molar-refractivity contribution in [2.75, 3.05) is 38.2 Å². The molecular weight excluding hydrogens is 411 g/mol. The van der Waals surface area contributed by atoms with Crippen molar-refractivity contribution in [3.8, 4) is 0 Å². The fourth-order valence-corrected chi connectivity index (χ4v) is 2.94. The normalized spacial score (nSPS) is 10.8. The van der Waals surface area contributed by atoms with E-state index in [1.54, 1.807) is 30.7 Å². The summed E-state index contributed by atoms with van der Waals surface area (Å²) in [6.45, 7) is 4.30. The molecule has 1 heterocycles. The number of nitrogens with one attached hydrogen (secondary N) is 2. The summed E-state index contributed by atoms with van der Waals surface area (Å²) in [5, 5.41) is 6.26. The summed E-state index contributed by atoms with van der Waals surface area (Å²) >= 11 is 5.25. The first kappa shape index (κ1) is 23.7. The Morgan fingerprint density at radius 1 is 1.13 bits per heavy atom. The van der Waals surface area contributed by atoms with Crippen molar-refractivity contribution in [1.82, 2.24) is 14.5 Å². The molecule has 1 aromatic heterocycles. The fraction of sp³-hybridized carbons (Fsp3) is 0.450. The molecule has 30 heavy (non-hydrogen) atoms. The second-order valence-electron chi connectivity index (χ2n) is 6.49. The van der Waals surface area contributed by atoms with Gasteiger partial charge in [0, 0.05) is 33.7 Å². The first-order valence-electron chi connectivity index (χ1n) is 9.60. The van der Waals surface area contributed by atoms with Crippen molar-refractivity contribution >= 4 is 24.0 Å². The predicted octanol–water partition coefficient (Wildman–Crippen LogP) is 1.99. The van der Waals surface area contributed by atoms with E-state index in [0.717, 1.165) is 5.56 Å². The maximum Gasteiger partial charge on any atom is 0.347 e. The van der Waals surface area contributed by atoms with E-state index in [4.69, 9.17) is 21.7 Å². The van der Waals surface area contributed by atoms with Crippen molar-refractivity contribution in [2.24, 2.45) is 14.1 Å². The standard InChI is InChI=1S/C20H27FN4O4S/c1-4-29-19(27)16-17(24(2)20(30)25(3)18(16)26)23-10-12-28-11-9-22-13-14-5-7-15(21)8-6-14/h5-8,22-23H,4,9-13H2,1-3H3. The van der Waals surface area contributed by atoms with Gasteiger partial charge < -0.3 is 24.7 Å². The monoisotopic (exact) mass is 438 g/mol. The second-order valence-corrected chi connectivity index (χ2v) is 6.86. The van der Waals surface area contributed by atoms with Crippen LogP contribution in [0.15, 0.2) is 29.1 Å². The number of nitrogens with zero attached hydrogens (tertiary/aromatic N) is 2. The van der Waals surface area contributed by atoms with Crippen LogP contribution in [0.4, 0.5) is 10.2 Å². The summed E-state index contributed by atoms with van der Waals surface area (Å²) in [6.07, 6.45) is 0. The number of halogens is 1. The van der Waals surface area contributed by atoms with Gasteiger partial charge in [0.15, 0.2) is 10.3 Å². The van der Waals surface area contributed by atoms with Gasteiger partial charge in [-0.25, -0.2) is 9.18 Å². The van der Waals surface area contributed by atoms with E-state index in [0.29, 0.717) is 38.7 Å². The highest BCUT2D eigenvalue weighted by molar-refractivity contribution is 7.71. The Morgan fingerprint density at radius 2 is 1.80 bits per heavy atom. The Bertz CT molecular complexity index is 972. The molecule has 0 saturated carbocycles. The highest BCUT2D eigenvalue weighted by Gasteiger charge is 2.21. The van der Waals surface area contributed by atoms with E-state index in [1.165, 1.54) is 23.7 Å². The summed E-state index contributed by atoms with van der Waals surface area (Å²) in [7, 11) is 3.19. The van der Waals surface area contributed by atoms with Gasteiger partial charge in [0.2, 0.25) is 0 Å². The van der Waals surface area contributed by atoms with Crippen LogP contribution in [0.3, 0.4) is 0 Å². The molecule has 0 saturated heterocycles. The van der Waals surface area contributed by atoms with Gasteiger partial charge in [-0.3, -0.25) is 9.36 Å². The number of anilines is 1. The number of hydrogen-bond donors (Lipinski definition) is 2. The zero-order valence-electron chi connectivity index (χ0n) is 17.4. The smallest absolute Gasteiger partial charge is 0.347 e. The van der Waals surface area contributed by atoms with Crippen LogP contribution in [0.2, 0.25) is 0 Å². The predicted molar refractivity (Wildman–Crippen MR) is 115 cm³/mol. The second kappa shape index (κ2) is 11.6. The number of carbonyl (C=O) groups is 1. The van der Waals surface area contributed by atoms with Crippen molar-refractivity contribution in [3.05, 3.63) is 56.3 Å². The average molecular weight is 439 g/mol. The topological polar surface area (TPSA) is 86.5 Å². The zero-order valence-corrected chi connectivity index (χ0v) is 18.2. The molecule has 2 rings (SSSR count). The quantitative estimate of drug-likeness (QED) is 0.315. The van der Waals surface area contributed by atoms with Gasteiger partial charge in [-0.15, -0.1) is 0 Å². The molecule has 2 aromatic rings. The van der Waals surface area contributed by atoms with Crippen LogP contribution in [0.5, 0.6) is 0 Å². The Hall–Kier alpha value is -2.56. The number of hydrogen-bond acceptors (Lipinski definition) is 7. The Balaban J connectivity index is 1.84. The van der Waals surface area contributed by atoms with Crippen molar-refractivity contribution < 1.29 is 18.7 Å². The maximum absolute atomic E-state index is 12.9. The SMILES string of the molecule is CCOC(=O)c1c(NCCOCCNCc2ccc(F)cc2)n(C)c(=S)n(C)c1=O. The number of ether oxygens (including phenoxy) is 2. The van der Waals surface area contributed by atoms with Crippen LogP contribution in [-0.4, -0.2) is 48.0 Å². The minimum absolute atomic E-state index is 0.0867. The van der Waals surface area contributed by atoms with Crippen LogP contribution in [0.1, 0.15) is 22.8 Å². The van der Waals surface area contributed by atoms with Crippen LogP contribution in [0.25, 0.3) is 0 Å². The zero-order chi connectivity index (χ0) is 22.1. The number of aromatic nitrogens is 2. The molecule has 0 fully saturated rings. The first-order valence-corrected chi connectivity index (χ1v) is 10.0. The van der Waals surface area contributed by atoms with Crippen LogP contribution >= 0.6 is 12.2 Å². The molecule has 164 valence electrons. The number of benzene rings is 1. The highest BCUT2D eigenvalue weighted by atomic mass is 32.1. The Labute approximate surface area is 179 Å². The van der Waals surface area contributed by atoms with Gasteiger partial charge in [-0.1, -0.05) is 12.1 Å². The third-order valence-electron chi connectivity index (χ3n) is 4.35. The highest BCUT2D eigenvalue weighted by Crippen LogP contribution is 2.13. The van der Waals surface area contributed by atoms with Crippen LogP contribution in [0, 0.1) is 10.6 Å². The average Bonchev–Trinajstić information content (AvgIpc) is 2.73. The van der Waals surface area contributed by atoms with E-state index in [-0.39, 0.29) is 22.8 Å². The minimum atomic E-state index is -0.697. The molecule has 0 radical (unpaired) electrons. The van der Waals surface area contributed by atoms with Gasteiger partial charge in [-0.2, -0.15) is 0 Å². The summed E-state index contributed by atoms with van der Waals surface area (Å²) in [5.41, 5.74) is 0.392. The van der Waals surface area contributed by atoms with E-state index >= 15 is 0 Å². The largest absolute Gasteiger partial charge is 0.462 e. The molecule has 0 aliphatic rings. The van der Waals surface area contributed by atoms with Gasteiger partial charge in [-0.05, 0) is 36.8 Å². The molecule has 0 aliphatic carbocycles. The van der Waals surface area contributed by atoms with Crippen molar-refractivity contribution in [3.63, 3.8) is 0 Å². The molecule has 1 aromatic carbocycles. The molecule has 0 spiro atoms. The summed E-state index contributed by atoms with van der Waals surface area (Å²) < 4.78 is 26.5. The van der Waals surface area contributed by atoms with Crippen molar-refractivity contribution in [2.45, 2.75) is 13.5 Å². The van der Waals surface area contributed by atoms with Gasteiger partial charge in [0.1, 0.15) is 11.6 Å². The summed E-state index contributed by atoms with van der Waals surface area (Å²) in [5.74, 6) is -0.648. The molecule has 8 nitrogen and oxygen atoms in total. The lowest BCUT2D eigenvalue weighted by molar-refractivity contribution is 0.0523. The van der Waals surface area contributed by atoms with E-state index in [9.17, 15) is 14.0 Å². The first-order chi connectivity index (χ1) is 14.4. The lowest BCUT2D eigenvalue weighted by atomic mass is 10.2. The van der Waals surface area contributed by atoms with Crippen LogP contribution < -0.4 is 16.2 Å². The fourth-order valence-electron chi connectivity index (χ4n) is 2.76. The van der Waals surface area contributed by atoms with Crippen molar-refractivity contribution in [1.29, 1.82) is 0 Å². The van der Waals surface area contributed by atoms with Gasteiger partial charge in [0.25, 0.3) is 5.56 Å². The number of carbonyl (C=O) groups excluding carboxylic acids is 1. The molecule has 0 atom stereocenters. The lowest BCUT2D eigenvalue weighted by Gasteiger charge is -2.17. The molecule has 0 bridgehead atoms. The maximum atomic E-state index is 12.9. The van der Waals surface area contributed by atoms with E-state index in [1.807, 2.05) is 0 Å². The van der Waals surface area contributed by atoms with Gasteiger partial charge >= 0.3 is 5.97 Å². The molecule has 0 aliphatic heterocycles. The molecule has 10 heteroatoms. The number of esters is 1. The van der Waals surface area contributed by atoms with E-state index < -0.39 is 11.5 Å². The van der Waals surface area contributed by atoms with Gasteiger partial charge in [0.05, 0.1) is 19.8 Å². The summed E-state index contributed by atoms with van der Waals surface area (Å²) in [6, 6.07) is 6.31. The molecule has 0 unspecified atom stereocenters. The number of rotatable bonds is 11. The lowest BCUT2D eigenvalue weighted by Crippen LogP contribution is -2.32. The Morgan fingerprint density at radius 3 is 2.47 bits per heavy atom.